The van der Waals surface area contributed by atoms with E-state index in [1.165, 1.54) is 0 Å². The van der Waals surface area contributed by atoms with Gasteiger partial charge in [-0.2, -0.15) is 0 Å². The number of oxime groups is 1. The Morgan fingerprint density at radius 3 is 2.56 bits per heavy atom. The topological polar surface area (TPSA) is 58.9 Å². The van der Waals surface area contributed by atoms with Gasteiger partial charge in [-0.15, -0.1) is 0 Å². The molecule has 0 unspecified atom stereocenters. The van der Waals surface area contributed by atoms with Gasteiger partial charge in [-0.05, 0) is 6.42 Å². The van der Waals surface area contributed by atoms with E-state index in [2.05, 4.69) is 12.1 Å². The molecule has 1 aromatic carbocycles. The number of benzene rings is 1. The van der Waals surface area contributed by atoms with Gasteiger partial charge in [0.25, 0.3) is 0 Å². The molecule has 0 saturated heterocycles. The predicted octanol–water partition coefficient (Wildman–Crippen LogP) is 2.99. The molecule has 0 aliphatic rings. The van der Waals surface area contributed by atoms with Crippen molar-refractivity contribution in [1.29, 1.82) is 0 Å². The van der Waals surface area contributed by atoms with Crippen molar-refractivity contribution in [2.24, 2.45) is 5.16 Å². The van der Waals surface area contributed by atoms with Gasteiger partial charge in [0, 0.05) is 5.56 Å². The maximum atomic E-state index is 11.7. The SMILES string of the molecule is CCCCCCOC(=O)/C(=N/O)c1ccccc1. The van der Waals surface area contributed by atoms with Crippen molar-refractivity contribution in [3.8, 4) is 0 Å². The number of carbonyl (C=O) groups excluding carboxylic acids is 1. The van der Waals surface area contributed by atoms with Gasteiger partial charge in [0.2, 0.25) is 0 Å². The monoisotopic (exact) mass is 249 g/mol. The fraction of sp³-hybridized carbons (Fsp3) is 0.429. The first-order valence-electron chi connectivity index (χ1n) is 6.24. The van der Waals surface area contributed by atoms with Crippen LogP contribution in [0.4, 0.5) is 0 Å². The van der Waals surface area contributed by atoms with Crippen LogP contribution in [0.25, 0.3) is 0 Å². The van der Waals surface area contributed by atoms with Gasteiger partial charge in [-0.1, -0.05) is 61.7 Å². The number of hydrogen-bond donors (Lipinski definition) is 1. The molecule has 1 N–H and O–H groups in total. The molecule has 0 saturated carbocycles. The van der Waals surface area contributed by atoms with Crippen LogP contribution in [0.2, 0.25) is 0 Å². The van der Waals surface area contributed by atoms with Crippen LogP contribution in [0, 0.1) is 0 Å². The number of esters is 1. The van der Waals surface area contributed by atoms with Crippen molar-refractivity contribution in [3.63, 3.8) is 0 Å². The van der Waals surface area contributed by atoms with E-state index in [1.807, 2.05) is 6.07 Å². The van der Waals surface area contributed by atoms with Gasteiger partial charge in [-0.25, -0.2) is 4.79 Å². The molecule has 0 spiro atoms. The number of hydrogen-bond acceptors (Lipinski definition) is 4. The average molecular weight is 249 g/mol. The molecule has 0 aliphatic carbocycles. The van der Waals surface area contributed by atoms with Gasteiger partial charge in [0.15, 0.2) is 5.71 Å². The van der Waals surface area contributed by atoms with Gasteiger partial charge >= 0.3 is 5.97 Å². The molecule has 0 amide bonds. The van der Waals surface area contributed by atoms with E-state index in [4.69, 9.17) is 9.94 Å². The van der Waals surface area contributed by atoms with Crippen LogP contribution in [-0.2, 0) is 9.53 Å². The van der Waals surface area contributed by atoms with Gasteiger partial charge in [0.1, 0.15) is 0 Å². The molecule has 1 rings (SSSR count). The lowest BCUT2D eigenvalue weighted by atomic mass is 10.1. The Morgan fingerprint density at radius 1 is 1.22 bits per heavy atom. The minimum atomic E-state index is -0.583. The van der Waals surface area contributed by atoms with Crippen molar-refractivity contribution in [2.75, 3.05) is 6.61 Å². The van der Waals surface area contributed by atoms with E-state index in [-0.39, 0.29) is 5.71 Å². The molecule has 4 heteroatoms. The highest BCUT2D eigenvalue weighted by atomic mass is 16.5. The summed E-state index contributed by atoms with van der Waals surface area (Å²) in [4.78, 5) is 11.7. The second kappa shape index (κ2) is 8.28. The third-order valence-electron chi connectivity index (χ3n) is 2.57. The molecule has 0 fully saturated rings. The van der Waals surface area contributed by atoms with Crippen LogP contribution in [0.5, 0.6) is 0 Å². The van der Waals surface area contributed by atoms with E-state index in [0.717, 1.165) is 25.7 Å². The smallest absolute Gasteiger partial charge is 0.361 e. The maximum Gasteiger partial charge on any atom is 0.361 e. The van der Waals surface area contributed by atoms with Crippen LogP contribution in [0.15, 0.2) is 35.5 Å². The number of rotatable bonds is 7. The van der Waals surface area contributed by atoms with Crippen molar-refractivity contribution < 1.29 is 14.7 Å². The number of ether oxygens (including phenoxy) is 1. The van der Waals surface area contributed by atoms with Crippen LogP contribution in [0.3, 0.4) is 0 Å². The van der Waals surface area contributed by atoms with Gasteiger partial charge in [0.05, 0.1) is 6.61 Å². The van der Waals surface area contributed by atoms with E-state index in [1.54, 1.807) is 24.3 Å². The number of carbonyl (C=O) groups is 1. The summed E-state index contributed by atoms with van der Waals surface area (Å²) < 4.78 is 5.07. The fourth-order valence-corrected chi connectivity index (χ4v) is 1.57. The fourth-order valence-electron chi connectivity index (χ4n) is 1.57. The lowest BCUT2D eigenvalue weighted by molar-refractivity contribution is -0.135. The third-order valence-corrected chi connectivity index (χ3v) is 2.57. The Hall–Kier alpha value is -1.84. The number of unbranched alkanes of at least 4 members (excludes halogenated alkanes) is 3. The van der Waals surface area contributed by atoms with E-state index >= 15 is 0 Å². The highest BCUT2D eigenvalue weighted by molar-refractivity contribution is 6.43. The van der Waals surface area contributed by atoms with Crippen molar-refractivity contribution >= 4 is 11.7 Å². The number of nitrogens with zero attached hydrogens (tertiary/aromatic N) is 1. The van der Waals surface area contributed by atoms with Crippen LogP contribution >= 0.6 is 0 Å². The Balaban J connectivity index is 2.45. The van der Waals surface area contributed by atoms with E-state index in [0.29, 0.717) is 12.2 Å². The molecular formula is C14H19NO3. The quantitative estimate of drug-likeness (QED) is 0.266. The Labute approximate surface area is 107 Å². The standard InChI is InChI=1S/C14H19NO3/c1-2-3-4-8-11-18-14(16)13(15-17)12-9-6-5-7-10-12/h5-7,9-10,17H,2-4,8,11H2,1H3/b15-13+. The van der Waals surface area contributed by atoms with Gasteiger partial charge < -0.3 is 9.94 Å². The summed E-state index contributed by atoms with van der Waals surface area (Å²) in [5, 5.41) is 11.9. The molecule has 0 aliphatic heterocycles. The average Bonchev–Trinajstić information content (AvgIpc) is 2.40. The first-order chi connectivity index (χ1) is 8.79. The lowest BCUT2D eigenvalue weighted by Gasteiger charge is -2.05. The molecule has 18 heavy (non-hydrogen) atoms. The first-order valence-corrected chi connectivity index (χ1v) is 6.24. The molecule has 0 radical (unpaired) electrons. The minimum Gasteiger partial charge on any atom is -0.461 e. The van der Waals surface area contributed by atoms with E-state index < -0.39 is 5.97 Å². The molecule has 4 nitrogen and oxygen atoms in total. The second-order valence-electron chi connectivity index (χ2n) is 4.01. The Morgan fingerprint density at radius 2 is 1.94 bits per heavy atom. The molecule has 0 heterocycles. The summed E-state index contributed by atoms with van der Waals surface area (Å²) >= 11 is 0. The largest absolute Gasteiger partial charge is 0.461 e. The van der Waals surface area contributed by atoms with Crippen LogP contribution < -0.4 is 0 Å². The van der Waals surface area contributed by atoms with Gasteiger partial charge in [-0.3, -0.25) is 0 Å². The minimum absolute atomic E-state index is 0.0499. The third kappa shape index (κ3) is 4.57. The van der Waals surface area contributed by atoms with Crippen molar-refractivity contribution in [1.82, 2.24) is 0 Å². The van der Waals surface area contributed by atoms with E-state index in [9.17, 15) is 4.79 Å². The zero-order chi connectivity index (χ0) is 13.2. The summed E-state index contributed by atoms with van der Waals surface area (Å²) in [6, 6.07) is 8.78. The highest BCUT2D eigenvalue weighted by Crippen LogP contribution is 2.04. The summed E-state index contributed by atoms with van der Waals surface area (Å²) in [6.07, 6.45) is 4.16. The zero-order valence-corrected chi connectivity index (χ0v) is 10.6. The molecule has 0 atom stereocenters. The molecule has 98 valence electrons. The summed E-state index contributed by atoms with van der Waals surface area (Å²) in [7, 11) is 0. The molecule has 0 bridgehead atoms. The second-order valence-corrected chi connectivity index (χ2v) is 4.01. The van der Waals surface area contributed by atoms with Crippen LogP contribution in [0.1, 0.15) is 38.2 Å². The van der Waals surface area contributed by atoms with Crippen LogP contribution in [-0.4, -0.2) is 23.5 Å². The maximum absolute atomic E-state index is 11.7. The Bertz CT molecular complexity index is 387. The normalized spacial score (nSPS) is 11.3. The summed E-state index contributed by atoms with van der Waals surface area (Å²) in [5.74, 6) is -0.583. The summed E-state index contributed by atoms with van der Waals surface area (Å²) in [6.45, 7) is 2.49. The lowest BCUT2D eigenvalue weighted by Crippen LogP contribution is -2.19. The zero-order valence-electron chi connectivity index (χ0n) is 10.6. The highest BCUT2D eigenvalue weighted by Gasteiger charge is 2.15. The first kappa shape index (κ1) is 14.2. The van der Waals surface area contributed by atoms with Crippen molar-refractivity contribution in [2.45, 2.75) is 32.6 Å². The molecule has 1 aromatic rings. The molecule has 0 aromatic heterocycles. The summed E-state index contributed by atoms with van der Waals surface area (Å²) in [5.41, 5.74) is 0.504. The van der Waals surface area contributed by atoms with Crippen molar-refractivity contribution in [3.05, 3.63) is 35.9 Å². The molecular weight excluding hydrogens is 230 g/mol. The predicted molar refractivity (Wildman–Crippen MR) is 69.9 cm³/mol. The Kier molecular flexibility index (Phi) is 6.54.